The quantitative estimate of drug-likeness (QED) is 0.789. The smallest absolute Gasteiger partial charge is 0.338 e. The Hall–Kier alpha value is -1.89. The Morgan fingerprint density at radius 2 is 1.81 bits per heavy atom. The first-order chi connectivity index (χ1) is 9.73. The van der Waals surface area contributed by atoms with E-state index in [0.29, 0.717) is 12.1 Å². The van der Waals surface area contributed by atoms with Crippen LogP contribution in [-0.2, 0) is 25.1 Å². The van der Waals surface area contributed by atoms with Gasteiger partial charge in [0, 0.05) is 12.8 Å². The van der Waals surface area contributed by atoms with Gasteiger partial charge in [-0.2, -0.15) is 0 Å². The number of sulfone groups is 1. The number of likely N-dealkylation sites (N-methyl/N-ethyl adjacent to an activating group) is 1. The van der Waals surface area contributed by atoms with Crippen molar-refractivity contribution in [3.63, 3.8) is 0 Å². The van der Waals surface area contributed by atoms with Crippen molar-refractivity contribution in [2.75, 3.05) is 12.8 Å². The van der Waals surface area contributed by atoms with Crippen molar-refractivity contribution in [3.05, 3.63) is 35.4 Å². The van der Waals surface area contributed by atoms with Crippen LogP contribution in [-0.4, -0.2) is 39.2 Å². The highest BCUT2D eigenvalue weighted by Gasteiger charge is 2.18. The average Bonchev–Trinajstić information content (AvgIpc) is 2.37. The third-order valence-electron chi connectivity index (χ3n) is 2.62. The molecule has 0 fully saturated rings. The molecule has 1 aromatic rings. The molecule has 1 N–H and O–H groups in total. The molecule has 1 atom stereocenters. The van der Waals surface area contributed by atoms with E-state index in [1.54, 1.807) is 19.1 Å². The van der Waals surface area contributed by atoms with Gasteiger partial charge in [-0.25, -0.2) is 13.2 Å². The molecule has 1 amide bonds. The van der Waals surface area contributed by atoms with Crippen LogP contribution in [0.4, 0.5) is 0 Å². The van der Waals surface area contributed by atoms with Gasteiger partial charge in [-0.1, -0.05) is 12.1 Å². The summed E-state index contributed by atoms with van der Waals surface area (Å²) in [6, 6.07) is 6.06. The standard InChI is InChI=1S/C14H19NO5S/c1-4-15-13(16)10(2)20-14(17)12-7-5-11(6-8-12)9-21(3,18)19/h5-8,10H,4,9H2,1-3H3,(H,15,16)/t10-/m1/s1. The largest absolute Gasteiger partial charge is 0.449 e. The summed E-state index contributed by atoms with van der Waals surface area (Å²) in [5.41, 5.74) is 0.856. The van der Waals surface area contributed by atoms with E-state index in [0.717, 1.165) is 6.26 Å². The Bertz CT molecular complexity index is 607. The van der Waals surface area contributed by atoms with Gasteiger partial charge in [-0.05, 0) is 31.5 Å². The minimum Gasteiger partial charge on any atom is -0.449 e. The van der Waals surface area contributed by atoms with Gasteiger partial charge in [-0.3, -0.25) is 4.79 Å². The van der Waals surface area contributed by atoms with Crippen molar-refractivity contribution < 1.29 is 22.7 Å². The van der Waals surface area contributed by atoms with E-state index in [2.05, 4.69) is 5.32 Å². The lowest BCUT2D eigenvalue weighted by atomic mass is 10.1. The van der Waals surface area contributed by atoms with E-state index in [9.17, 15) is 18.0 Å². The molecular formula is C14H19NO5S. The molecule has 7 heteroatoms. The fourth-order valence-corrected chi connectivity index (χ4v) is 2.44. The van der Waals surface area contributed by atoms with Crippen molar-refractivity contribution in [2.24, 2.45) is 0 Å². The van der Waals surface area contributed by atoms with Gasteiger partial charge >= 0.3 is 5.97 Å². The number of nitrogens with one attached hydrogen (secondary N) is 1. The van der Waals surface area contributed by atoms with Gasteiger partial charge < -0.3 is 10.1 Å². The Kier molecular flexibility index (Phi) is 5.90. The molecule has 1 aromatic carbocycles. The minimum absolute atomic E-state index is 0.0857. The molecule has 0 spiro atoms. The van der Waals surface area contributed by atoms with Crippen LogP contribution in [0.3, 0.4) is 0 Å². The molecule has 0 radical (unpaired) electrons. The molecule has 0 saturated carbocycles. The van der Waals surface area contributed by atoms with Crippen LogP contribution < -0.4 is 5.32 Å². The third kappa shape index (κ3) is 5.95. The van der Waals surface area contributed by atoms with Gasteiger partial charge in [0.2, 0.25) is 0 Å². The molecule has 0 saturated heterocycles. The molecular weight excluding hydrogens is 294 g/mol. The maximum atomic E-state index is 11.8. The monoisotopic (exact) mass is 313 g/mol. The van der Waals surface area contributed by atoms with E-state index < -0.39 is 21.9 Å². The van der Waals surface area contributed by atoms with Crippen molar-refractivity contribution >= 4 is 21.7 Å². The van der Waals surface area contributed by atoms with Crippen molar-refractivity contribution in [3.8, 4) is 0 Å². The summed E-state index contributed by atoms with van der Waals surface area (Å²) < 4.78 is 27.4. The molecule has 0 aliphatic rings. The van der Waals surface area contributed by atoms with Crippen molar-refractivity contribution in [1.29, 1.82) is 0 Å². The molecule has 0 bridgehead atoms. The Morgan fingerprint density at radius 3 is 2.29 bits per heavy atom. The number of esters is 1. The molecule has 0 heterocycles. The zero-order chi connectivity index (χ0) is 16.0. The predicted molar refractivity (Wildman–Crippen MR) is 78.6 cm³/mol. The summed E-state index contributed by atoms with van der Waals surface area (Å²) in [7, 11) is -3.12. The Morgan fingerprint density at radius 1 is 1.24 bits per heavy atom. The van der Waals surface area contributed by atoms with Crippen molar-refractivity contribution in [2.45, 2.75) is 25.7 Å². The second kappa shape index (κ2) is 7.21. The second-order valence-corrected chi connectivity index (χ2v) is 6.85. The van der Waals surface area contributed by atoms with Gasteiger partial charge in [0.1, 0.15) is 0 Å². The predicted octanol–water partition coefficient (Wildman–Crippen LogP) is 0.913. The molecule has 6 nitrogen and oxygen atoms in total. The lowest BCUT2D eigenvalue weighted by molar-refractivity contribution is -0.128. The van der Waals surface area contributed by atoms with Gasteiger partial charge in [0.15, 0.2) is 15.9 Å². The highest BCUT2D eigenvalue weighted by molar-refractivity contribution is 7.89. The van der Waals surface area contributed by atoms with Gasteiger partial charge in [0.05, 0.1) is 11.3 Å². The van der Waals surface area contributed by atoms with Crippen LogP contribution in [0.2, 0.25) is 0 Å². The summed E-state index contributed by atoms with van der Waals surface area (Å²) in [5.74, 6) is -1.07. The SMILES string of the molecule is CCNC(=O)[C@@H](C)OC(=O)c1ccc(CS(C)(=O)=O)cc1. The highest BCUT2D eigenvalue weighted by Crippen LogP contribution is 2.10. The molecule has 0 unspecified atom stereocenters. The summed E-state index contributed by atoms with van der Waals surface area (Å²) in [6.45, 7) is 3.72. The number of hydrogen-bond donors (Lipinski definition) is 1. The number of carbonyl (C=O) groups is 2. The van der Waals surface area contributed by atoms with Crippen LogP contribution in [0.15, 0.2) is 24.3 Å². The van der Waals surface area contributed by atoms with E-state index >= 15 is 0 Å². The molecule has 21 heavy (non-hydrogen) atoms. The van der Waals surface area contributed by atoms with E-state index in [1.807, 2.05) is 0 Å². The van der Waals surface area contributed by atoms with E-state index in [4.69, 9.17) is 4.74 Å². The summed E-state index contributed by atoms with van der Waals surface area (Å²) in [4.78, 5) is 23.3. The first kappa shape index (κ1) is 17.2. The summed E-state index contributed by atoms with van der Waals surface area (Å²) in [5, 5.41) is 2.55. The maximum absolute atomic E-state index is 11.8. The van der Waals surface area contributed by atoms with Crippen LogP contribution >= 0.6 is 0 Å². The molecule has 116 valence electrons. The average molecular weight is 313 g/mol. The van der Waals surface area contributed by atoms with Crippen LogP contribution in [0.1, 0.15) is 29.8 Å². The van der Waals surface area contributed by atoms with Crippen LogP contribution in [0.5, 0.6) is 0 Å². The molecule has 0 aliphatic heterocycles. The number of ether oxygens (including phenoxy) is 1. The minimum atomic E-state index is -3.12. The number of benzene rings is 1. The number of amides is 1. The zero-order valence-electron chi connectivity index (χ0n) is 12.3. The normalized spacial score (nSPS) is 12.5. The van der Waals surface area contributed by atoms with Crippen LogP contribution in [0, 0.1) is 0 Å². The fourth-order valence-electron chi connectivity index (χ4n) is 1.64. The van der Waals surface area contributed by atoms with Gasteiger partial charge in [-0.15, -0.1) is 0 Å². The molecule has 0 aliphatic carbocycles. The Labute approximate surface area is 124 Å². The molecule has 1 rings (SSSR count). The van der Waals surface area contributed by atoms with E-state index in [1.165, 1.54) is 19.1 Å². The topological polar surface area (TPSA) is 89.5 Å². The lowest BCUT2D eigenvalue weighted by Crippen LogP contribution is -2.35. The fraction of sp³-hybridized carbons (Fsp3) is 0.429. The summed E-state index contributed by atoms with van der Waals surface area (Å²) in [6.07, 6.45) is 0.261. The molecule has 0 aromatic heterocycles. The van der Waals surface area contributed by atoms with Gasteiger partial charge in [0.25, 0.3) is 5.91 Å². The highest BCUT2D eigenvalue weighted by atomic mass is 32.2. The number of carbonyl (C=O) groups excluding carboxylic acids is 2. The first-order valence-electron chi connectivity index (χ1n) is 6.48. The second-order valence-electron chi connectivity index (χ2n) is 4.71. The number of rotatable bonds is 6. The Balaban J connectivity index is 2.69. The van der Waals surface area contributed by atoms with Crippen molar-refractivity contribution in [1.82, 2.24) is 5.32 Å². The van der Waals surface area contributed by atoms with E-state index in [-0.39, 0.29) is 17.2 Å². The maximum Gasteiger partial charge on any atom is 0.338 e. The van der Waals surface area contributed by atoms with Crippen LogP contribution in [0.25, 0.3) is 0 Å². The summed E-state index contributed by atoms with van der Waals surface area (Å²) >= 11 is 0. The third-order valence-corrected chi connectivity index (χ3v) is 3.48. The number of hydrogen-bond acceptors (Lipinski definition) is 5. The first-order valence-corrected chi connectivity index (χ1v) is 8.54. The lowest BCUT2D eigenvalue weighted by Gasteiger charge is -2.12. The zero-order valence-corrected chi connectivity index (χ0v) is 13.1.